The lowest BCUT2D eigenvalue weighted by Gasteiger charge is -2.35. The van der Waals surface area contributed by atoms with Crippen molar-refractivity contribution in [2.45, 2.75) is 51.4 Å². The lowest BCUT2D eigenvalue weighted by atomic mass is 9.80. The molecule has 0 radical (unpaired) electrons. The molecule has 0 saturated carbocycles. The number of nitrogens with one attached hydrogen (secondary N) is 2. The molecule has 0 saturated heterocycles. The number of nitrogen functional groups attached to an aromatic ring is 1. The van der Waals surface area contributed by atoms with Crippen LogP contribution in [0.3, 0.4) is 0 Å². The Labute approximate surface area is 218 Å². The first-order valence-electron chi connectivity index (χ1n) is 11.9. The number of pyridine rings is 2. The Hall–Kier alpha value is -4.28. The fourth-order valence-corrected chi connectivity index (χ4v) is 4.31. The summed E-state index contributed by atoms with van der Waals surface area (Å²) in [6.45, 7) is 3.74. The van der Waals surface area contributed by atoms with E-state index >= 15 is 0 Å². The molecule has 2 heterocycles. The van der Waals surface area contributed by atoms with E-state index in [1.165, 1.54) is 30.9 Å². The van der Waals surface area contributed by atoms with Gasteiger partial charge in [-0.2, -0.15) is 13.2 Å². The molecule has 0 spiro atoms. The lowest BCUT2D eigenvalue weighted by molar-refractivity contribution is -0.138. The van der Waals surface area contributed by atoms with Gasteiger partial charge in [-0.3, -0.25) is 19.6 Å². The summed E-state index contributed by atoms with van der Waals surface area (Å²) >= 11 is 0. The molecule has 4 rings (SSSR count). The maximum absolute atomic E-state index is 12.6. The Morgan fingerprint density at radius 2 is 1.87 bits per heavy atom. The number of carbonyl (C=O) groups is 2. The molecule has 200 valence electrons. The molecule has 0 aliphatic heterocycles. The monoisotopic (exact) mass is 526 g/mol. The van der Waals surface area contributed by atoms with E-state index in [2.05, 4.69) is 28.3 Å². The highest BCUT2D eigenvalue weighted by atomic mass is 19.4. The molecule has 2 aromatic heterocycles. The minimum atomic E-state index is -4.41. The Balaban J connectivity index is 0.000000260. The van der Waals surface area contributed by atoms with Crippen molar-refractivity contribution in [3.05, 3.63) is 82.9 Å². The number of aromatic nitrogens is 2. The zero-order chi connectivity index (χ0) is 27.9. The van der Waals surface area contributed by atoms with Crippen LogP contribution in [0.15, 0.2) is 55.0 Å². The van der Waals surface area contributed by atoms with Gasteiger partial charge in [0.05, 0.1) is 41.4 Å². The third-order valence-electron chi connectivity index (χ3n) is 6.28. The lowest BCUT2D eigenvalue weighted by Crippen LogP contribution is -2.30. The van der Waals surface area contributed by atoms with Crippen molar-refractivity contribution >= 4 is 29.9 Å². The summed E-state index contributed by atoms with van der Waals surface area (Å²) in [6.07, 6.45) is 2.97. The number of nitrogens with two attached hydrogens (primary N) is 1. The molecular formula is C27H29F3N6O2. The third kappa shape index (κ3) is 6.93. The number of benzene rings is 1. The van der Waals surface area contributed by atoms with Crippen LogP contribution < -0.4 is 11.1 Å². The fraction of sp³-hybridized carbons (Fsp3) is 0.296. The van der Waals surface area contributed by atoms with E-state index in [0.29, 0.717) is 28.6 Å². The molecule has 1 aromatic carbocycles. The SMILES string of the molecule is CC(=O)Nc1cncc(C=N)c1N.CC1CCC(N(C=O)Cc2ccc(C(F)(F)F)cn2)c2ccccc21. The zero-order valence-electron chi connectivity index (χ0n) is 21.0. The van der Waals surface area contributed by atoms with Gasteiger partial charge in [0.25, 0.3) is 0 Å². The van der Waals surface area contributed by atoms with Gasteiger partial charge in [0.2, 0.25) is 12.3 Å². The van der Waals surface area contributed by atoms with Crippen LogP contribution in [-0.4, -0.2) is 33.4 Å². The van der Waals surface area contributed by atoms with E-state index in [9.17, 15) is 22.8 Å². The van der Waals surface area contributed by atoms with Gasteiger partial charge in [0.1, 0.15) is 0 Å². The molecule has 8 nitrogen and oxygen atoms in total. The van der Waals surface area contributed by atoms with Crippen molar-refractivity contribution in [3.8, 4) is 0 Å². The summed E-state index contributed by atoms with van der Waals surface area (Å²) < 4.78 is 37.9. The van der Waals surface area contributed by atoms with E-state index in [0.717, 1.165) is 43.3 Å². The summed E-state index contributed by atoms with van der Waals surface area (Å²) in [7, 11) is 0. The molecule has 0 fully saturated rings. The van der Waals surface area contributed by atoms with Crippen molar-refractivity contribution in [1.82, 2.24) is 14.9 Å². The van der Waals surface area contributed by atoms with Gasteiger partial charge in [0.15, 0.2) is 0 Å². The second-order valence-corrected chi connectivity index (χ2v) is 8.95. The van der Waals surface area contributed by atoms with Gasteiger partial charge in [0, 0.05) is 31.1 Å². The summed E-state index contributed by atoms with van der Waals surface area (Å²) in [5, 5.41) is 9.52. The van der Waals surface area contributed by atoms with Gasteiger partial charge in [-0.15, -0.1) is 0 Å². The quantitative estimate of drug-likeness (QED) is 0.296. The Bertz CT molecular complexity index is 1280. The van der Waals surface area contributed by atoms with Crippen molar-refractivity contribution < 1.29 is 22.8 Å². The molecule has 38 heavy (non-hydrogen) atoms. The molecule has 4 N–H and O–H groups in total. The highest BCUT2D eigenvalue weighted by Gasteiger charge is 2.31. The number of nitrogens with zero attached hydrogens (tertiary/aromatic N) is 3. The molecule has 2 unspecified atom stereocenters. The van der Waals surface area contributed by atoms with E-state index < -0.39 is 11.7 Å². The second kappa shape index (κ2) is 12.3. The molecule has 2 amide bonds. The van der Waals surface area contributed by atoms with E-state index in [4.69, 9.17) is 11.1 Å². The minimum Gasteiger partial charge on any atom is -0.396 e. The van der Waals surface area contributed by atoms with Gasteiger partial charge >= 0.3 is 6.18 Å². The number of carbonyl (C=O) groups excluding carboxylic acids is 2. The average Bonchev–Trinajstić information content (AvgIpc) is 2.89. The largest absolute Gasteiger partial charge is 0.417 e. The van der Waals surface area contributed by atoms with Gasteiger partial charge < -0.3 is 21.4 Å². The average molecular weight is 527 g/mol. The van der Waals surface area contributed by atoms with E-state index in [1.807, 2.05) is 18.2 Å². The first kappa shape index (κ1) is 28.3. The van der Waals surface area contributed by atoms with Crippen LogP contribution >= 0.6 is 0 Å². The maximum Gasteiger partial charge on any atom is 0.417 e. The summed E-state index contributed by atoms with van der Waals surface area (Å²) in [6, 6.07) is 10.3. The first-order valence-corrected chi connectivity index (χ1v) is 11.9. The number of alkyl halides is 3. The summed E-state index contributed by atoms with van der Waals surface area (Å²) in [5.41, 5.74) is 8.92. The topological polar surface area (TPSA) is 125 Å². The number of halogens is 3. The van der Waals surface area contributed by atoms with Crippen LogP contribution in [0.5, 0.6) is 0 Å². The highest BCUT2D eigenvalue weighted by Crippen LogP contribution is 2.40. The normalized spacial score (nSPS) is 16.3. The molecule has 1 aliphatic carbocycles. The van der Waals surface area contributed by atoms with Crippen molar-refractivity contribution in [1.29, 1.82) is 5.41 Å². The number of hydrogen-bond donors (Lipinski definition) is 3. The van der Waals surface area contributed by atoms with Crippen LogP contribution in [-0.2, 0) is 22.3 Å². The predicted octanol–water partition coefficient (Wildman–Crippen LogP) is 5.32. The molecule has 0 bridgehead atoms. The number of fused-ring (bicyclic) bond motifs is 1. The number of rotatable bonds is 6. The summed E-state index contributed by atoms with van der Waals surface area (Å²) in [4.78, 5) is 31.7. The number of anilines is 2. The van der Waals surface area contributed by atoms with Gasteiger partial charge in [-0.25, -0.2) is 0 Å². The van der Waals surface area contributed by atoms with Crippen LogP contribution in [0.4, 0.5) is 24.5 Å². The van der Waals surface area contributed by atoms with E-state index in [-0.39, 0.29) is 18.5 Å². The van der Waals surface area contributed by atoms with E-state index in [1.54, 1.807) is 4.90 Å². The van der Waals surface area contributed by atoms with Crippen molar-refractivity contribution in [2.75, 3.05) is 11.1 Å². The molecule has 1 aliphatic rings. The zero-order valence-corrected chi connectivity index (χ0v) is 21.0. The van der Waals surface area contributed by atoms with Crippen molar-refractivity contribution in [2.24, 2.45) is 0 Å². The van der Waals surface area contributed by atoms with Crippen LogP contribution in [0, 0.1) is 5.41 Å². The number of amides is 2. The molecule has 11 heteroatoms. The van der Waals surface area contributed by atoms with Crippen LogP contribution in [0.2, 0.25) is 0 Å². The standard InChI is InChI=1S/C19H19F3N2O.C8H10N4O/c1-13-6-9-18(17-5-3-2-4-16(13)17)24(12-25)11-15-8-7-14(10-23-15)19(20,21)22;1-5(13)12-7-4-11-3-6(2-9)8(7)10/h2-5,7-8,10,12-13,18H,6,9,11H2,1H3;2-4,9H,1H3,(H2,10,11)(H,12,13). The predicted molar refractivity (Wildman–Crippen MR) is 139 cm³/mol. The maximum atomic E-state index is 12.6. The first-order chi connectivity index (χ1) is 18.0. The Morgan fingerprint density at radius 3 is 2.45 bits per heavy atom. The Morgan fingerprint density at radius 1 is 1.16 bits per heavy atom. The Kier molecular flexibility index (Phi) is 9.16. The highest BCUT2D eigenvalue weighted by molar-refractivity contribution is 5.96. The smallest absolute Gasteiger partial charge is 0.396 e. The van der Waals surface area contributed by atoms with Crippen molar-refractivity contribution in [3.63, 3.8) is 0 Å². The van der Waals surface area contributed by atoms with Gasteiger partial charge in [-0.05, 0) is 42.0 Å². The fourth-order valence-electron chi connectivity index (χ4n) is 4.31. The van der Waals surface area contributed by atoms with Crippen LogP contribution in [0.25, 0.3) is 0 Å². The molecule has 3 aromatic rings. The minimum absolute atomic E-state index is 0.0750. The van der Waals surface area contributed by atoms with Crippen LogP contribution in [0.1, 0.15) is 66.6 Å². The second-order valence-electron chi connectivity index (χ2n) is 8.95. The van der Waals surface area contributed by atoms with Gasteiger partial charge in [-0.1, -0.05) is 31.2 Å². The number of hydrogen-bond acceptors (Lipinski definition) is 6. The molecule has 2 atom stereocenters. The molecular weight excluding hydrogens is 497 g/mol. The third-order valence-corrected chi connectivity index (χ3v) is 6.28. The summed E-state index contributed by atoms with van der Waals surface area (Å²) in [5.74, 6) is 0.223.